The largest absolute Gasteiger partial charge is 0.454 e. The number of hydrogen-bond donors (Lipinski definition) is 1. The highest BCUT2D eigenvalue weighted by Gasteiger charge is 2.33. The summed E-state index contributed by atoms with van der Waals surface area (Å²) >= 11 is 0. The molecule has 0 aromatic heterocycles. The molecule has 0 saturated carbocycles. The summed E-state index contributed by atoms with van der Waals surface area (Å²) in [4.78, 5) is 29.3. The number of anilines is 1. The van der Waals surface area contributed by atoms with E-state index in [-0.39, 0.29) is 31.4 Å². The van der Waals surface area contributed by atoms with Gasteiger partial charge < -0.3 is 19.7 Å². The number of unbranched alkanes of at least 4 members (excludes halogenated alkanes) is 1. The van der Waals surface area contributed by atoms with E-state index in [0.29, 0.717) is 18.0 Å². The highest BCUT2D eigenvalue weighted by atomic mass is 32.2. The third-order valence-corrected chi connectivity index (χ3v) is 8.17. The molecule has 41 heavy (non-hydrogen) atoms. The van der Waals surface area contributed by atoms with Crippen molar-refractivity contribution in [3.8, 4) is 11.5 Å². The van der Waals surface area contributed by atoms with Crippen LogP contribution in [0.15, 0.2) is 72.8 Å². The van der Waals surface area contributed by atoms with Crippen molar-refractivity contribution >= 4 is 27.5 Å². The summed E-state index contributed by atoms with van der Waals surface area (Å²) in [5.41, 5.74) is 2.99. The molecule has 4 rings (SSSR count). The van der Waals surface area contributed by atoms with Gasteiger partial charge in [-0.25, -0.2) is 8.42 Å². The Hall–Kier alpha value is -4.05. The van der Waals surface area contributed by atoms with Crippen LogP contribution in [0.25, 0.3) is 0 Å². The van der Waals surface area contributed by atoms with Crippen molar-refractivity contribution in [1.29, 1.82) is 0 Å². The lowest BCUT2D eigenvalue weighted by atomic mass is 10.0. The van der Waals surface area contributed by atoms with Gasteiger partial charge in [0.25, 0.3) is 0 Å². The third-order valence-electron chi connectivity index (χ3n) is 7.03. The molecule has 1 aliphatic heterocycles. The van der Waals surface area contributed by atoms with Crippen molar-refractivity contribution in [3.05, 3.63) is 89.5 Å². The van der Waals surface area contributed by atoms with Crippen LogP contribution in [0.2, 0.25) is 0 Å². The Morgan fingerprint density at radius 3 is 2.39 bits per heavy atom. The molecule has 1 heterocycles. The molecule has 2 amide bonds. The van der Waals surface area contributed by atoms with Crippen LogP contribution >= 0.6 is 0 Å². The average molecular weight is 580 g/mol. The van der Waals surface area contributed by atoms with E-state index in [9.17, 15) is 18.0 Å². The third kappa shape index (κ3) is 7.79. The number of sulfonamides is 1. The van der Waals surface area contributed by atoms with Crippen LogP contribution in [0, 0.1) is 6.92 Å². The van der Waals surface area contributed by atoms with Gasteiger partial charge in [-0.05, 0) is 42.2 Å². The van der Waals surface area contributed by atoms with Gasteiger partial charge >= 0.3 is 0 Å². The summed E-state index contributed by atoms with van der Waals surface area (Å²) in [6.45, 7) is 4.16. The van der Waals surface area contributed by atoms with Crippen molar-refractivity contribution in [2.24, 2.45) is 0 Å². The maximum atomic E-state index is 14.2. The van der Waals surface area contributed by atoms with Crippen LogP contribution in [0.4, 0.5) is 5.69 Å². The first kappa shape index (κ1) is 29.9. The minimum absolute atomic E-state index is 0.0368. The Morgan fingerprint density at radius 1 is 0.976 bits per heavy atom. The number of benzene rings is 3. The molecule has 0 bridgehead atoms. The van der Waals surface area contributed by atoms with Crippen molar-refractivity contribution < 1.29 is 27.5 Å². The fraction of sp³-hybridized carbons (Fsp3) is 0.355. The molecular formula is C31H37N3O6S. The van der Waals surface area contributed by atoms with Gasteiger partial charge in [0, 0.05) is 25.6 Å². The second-order valence-corrected chi connectivity index (χ2v) is 12.0. The molecule has 1 atom stereocenters. The van der Waals surface area contributed by atoms with Crippen LogP contribution in [-0.2, 0) is 32.6 Å². The Kier molecular flexibility index (Phi) is 9.88. The lowest BCUT2D eigenvalue weighted by molar-refractivity contribution is -0.140. The van der Waals surface area contributed by atoms with E-state index in [2.05, 4.69) is 5.32 Å². The zero-order valence-corrected chi connectivity index (χ0v) is 24.5. The topological polar surface area (TPSA) is 105 Å². The van der Waals surface area contributed by atoms with Crippen LogP contribution < -0.4 is 19.1 Å². The van der Waals surface area contributed by atoms with E-state index in [4.69, 9.17) is 9.47 Å². The van der Waals surface area contributed by atoms with Crippen molar-refractivity contribution in [2.45, 2.75) is 45.7 Å². The number of nitrogens with one attached hydrogen (secondary N) is 1. The smallest absolute Gasteiger partial charge is 0.244 e. The molecule has 0 saturated heterocycles. The second kappa shape index (κ2) is 13.5. The summed E-state index contributed by atoms with van der Waals surface area (Å²) < 4.78 is 37.8. The van der Waals surface area contributed by atoms with E-state index >= 15 is 0 Å². The maximum Gasteiger partial charge on any atom is 0.244 e. The minimum Gasteiger partial charge on any atom is -0.454 e. The second-order valence-electron chi connectivity index (χ2n) is 10.1. The number of carbonyl (C=O) groups excluding carboxylic acids is 2. The van der Waals surface area contributed by atoms with Crippen LogP contribution in [-0.4, -0.2) is 57.3 Å². The predicted octanol–water partition coefficient (Wildman–Crippen LogP) is 4.05. The van der Waals surface area contributed by atoms with Gasteiger partial charge in [0.05, 0.1) is 11.9 Å². The standard InChI is InChI=1S/C31H37N3O6S/c1-4-5-17-32-31(36)27(18-24-12-7-6-8-13-24)33(20-25-14-10-9-11-23(25)2)30(35)21-34(41(3,37)38)26-15-16-28-29(19-26)40-22-39-28/h6-16,19,27H,4-5,17-18,20-22H2,1-3H3,(H,32,36)/t27-/m0/s1. The summed E-state index contributed by atoms with van der Waals surface area (Å²) in [5, 5.41) is 2.99. The molecule has 0 radical (unpaired) electrons. The minimum atomic E-state index is -3.88. The molecule has 0 unspecified atom stereocenters. The molecule has 218 valence electrons. The highest BCUT2D eigenvalue weighted by Crippen LogP contribution is 2.36. The summed E-state index contributed by atoms with van der Waals surface area (Å²) in [5.74, 6) is 0.125. The molecular weight excluding hydrogens is 542 g/mol. The van der Waals surface area contributed by atoms with Crippen molar-refractivity contribution in [3.63, 3.8) is 0 Å². The first-order valence-electron chi connectivity index (χ1n) is 13.7. The van der Waals surface area contributed by atoms with Gasteiger partial charge in [-0.15, -0.1) is 0 Å². The Labute approximate surface area is 242 Å². The molecule has 9 nitrogen and oxygen atoms in total. The molecule has 0 aliphatic carbocycles. The van der Waals surface area contributed by atoms with Gasteiger partial charge in [0.15, 0.2) is 11.5 Å². The lowest BCUT2D eigenvalue weighted by Crippen LogP contribution is -2.53. The normalized spacial score (nSPS) is 13.0. The first-order valence-corrected chi connectivity index (χ1v) is 15.5. The zero-order chi connectivity index (χ0) is 29.4. The fourth-order valence-electron chi connectivity index (χ4n) is 4.69. The summed E-state index contributed by atoms with van der Waals surface area (Å²) in [6.07, 6.45) is 3.05. The van der Waals surface area contributed by atoms with Crippen molar-refractivity contribution in [1.82, 2.24) is 10.2 Å². The molecule has 3 aromatic carbocycles. The van der Waals surface area contributed by atoms with Gasteiger partial charge in [0.1, 0.15) is 12.6 Å². The molecule has 10 heteroatoms. The number of carbonyl (C=O) groups is 2. The van der Waals surface area contributed by atoms with Gasteiger partial charge in [-0.1, -0.05) is 67.9 Å². The summed E-state index contributed by atoms with van der Waals surface area (Å²) in [6, 6.07) is 21.0. The fourth-order valence-corrected chi connectivity index (χ4v) is 5.53. The van der Waals surface area contributed by atoms with Crippen LogP contribution in [0.5, 0.6) is 11.5 Å². The molecule has 0 fully saturated rings. The number of nitrogens with zero attached hydrogens (tertiary/aromatic N) is 2. The van der Waals surface area contributed by atoms with E-state index in [0.717, 1.165) is 40.1 Å². The van der Waals surface area contributed by atoms with Crippen LogP contribution in [0.3, 0.4) is 0 Å². The summed E-state index contributed by atoms with van der Waals surface area (Å²) in [7, 11) is -3.88. The quantitative estimate of drug-likeness (QED) is 0.307. The maximum absolute atomic E-state index is 14.2. The van der Waals surface area contributed by atoms with Gasteiger partial charge in [-0.2, -0.15) is 0 Å². The SMILES string of the molecule is CCCCNC(=O)[C@H](Cc1ccccc1)N(Cc1ccccc1C)C(=O)CN(c1ccc2c(c1)OCO2)S(C)(=O)=O. The number of ether oxygens (including phenoxy) is 2. The van der Waals surface area contributed by atoms with E-state index in [1.807, 2.05) is 68.4 Å². The zero-order valence-electron chi connectivity index (χ0n) is 23.7. The number of hydrogen-bond acceptors (Lipinski definition) is 6. The van der Waals surface area contributed by atoms with E-state index < -0.39 is 28.5 Å². The average Bonchev–Trinajstić information content (AvgIpc) is 3.42. The number of fused-ring (bicyclic) bond motifs is 1. The van der Waals surface area contributed by atoms with Crippen molar-refractivity contribution in [2.75, 3.05) is 30.4 Å². The number of rotatable bonds is 13. The van der Waals surface area contributed by atoms with Crippen LogP contribution in [0.1, 0.15) is 36.5 Å². The predicted molar refractivity (Wildman–Crippen MR) is 158 cm³/mol. The monoisotopic (exact) mass is 579 g/mol. The Balaban J connectivity index is 1.72. The van der Waals surface area contributed by atoms with Gasteiger partial charge in [-0.3, -0.25) is 13.9 Å². The number of aryl methyl sites for hydroxylation is 1. The van der Waals surface area contributed by atoms with Gasteiger partial charge in [0.2, 0.25) is 28.6 Å². The Bertz CT molecular complexity index is 1460. The molecule has 1 aliphatic rings. The highest BCUT2D eigenvalue weighted by molar-refractivity contribution is 7.92. The lowest BCUT2D eigenvalue weighted by Gasteiger charge is -2.34. The Morgan fingerprint density at radius 2 is 1.68 bits per heavy atom. The van der Waals surface area contributed by atoms with E-state index in [1.54, 1.807) is 18.2 Å². The molecule has 0 spiro atoms. The first-order chi connectivity index (χ1) is 19.7. The van der Waals surface area contributed by atoms with E-state index in [1.165, 1.54) is 4.90 Å². The molecule has 3 aromatic rings. The molecule has 1 N–H and O–H groups in total. The number of amides is 2.